The standard InChI is InChI=1S/C24H31ClN2O4/c1-31-19-8-2-6-17(14-19)23-20(9-3-10-21(23)25)24(30,18-7-4-12-26-15-18)11-5-13-27-22(29)16-28/h2-3,6,8-10,14,18,26,28,30H,4-5,7,11-13,15-16H2,1H3,(H,27,29)/t18-,24?/m1/s1. The molecule has 1 amide bonds. The SMILES string of the molecule is COc1cccc(-c2c(Cl)cccc2C(O)(CCCNC(=O)CO)[C@@H]2CCCNC2)c1. The van der Waals surface area contributed by atoms with Crippen LogP contribution in [0.3, 0.4) is 0 Å². The number of aliphatic hydroxyl groups is 2. The molecule has 2 aromatic carbocycles. The van der Waals surface area contributed by atoms with Crippen molar-refractivity contribution in [1.82, 2.24) is 10.6 Å². The Hall–Kier alpha value is -2.12. The van der Waals surface area contributed by atoms with Crippen LogP contribution < -0.4 is 15.4 Å². The second-order valence-electron chi connectivity index (χ2n) is 7.97. The van der Waals surface area contributed by atoms with E-state index in [1.807, 2.05) is 42.5 Å². The molecule has 2 atom stereocenters. The molecule has 6 nitrogen and oxygen atoms in total. The summed E-state index contributed by atoms with van der Waals surface area (Å²) < 4.78 is 5.39. The molecule has 1 heterocycles. The number of benzene rings is 2. The summed E-state index contributed by atoms with van der Waals surface area (Å²) in [4.78, 5) is 11.4. The van der Waals surface area contributed by atoms with Crippen molar-refractivity contribution in [2.75, 3.05) is 33.4 Å². The third-order valence-electron chi connectivity index (χ3n) is 6.01. The van der Waals surface area contributed by atoms with Gasteiger partial charge >= 0.3 is 0 Å². The van der Waals surface area contributed by atoms with E-state index >= 15 is 0 Å². The maximum Gasteiger partial charge on any atom is 0.245 e. The molecule has 0 spiro atoms. The Labute approximate surface area is 188 Å². The Morgan fingerprint density at radius 3 is 2.84 bits per heavy atom. The lowest BCUT2D eigenvalue weighted by Crippen LogP contribution is -2.45. The van der Waals surface area contributed by atoms with E-state index in [1.165, 1.54) is 0 Å². The van der Waals surface area contributed by atoms with Crippen LogP contribution in [-0.4, -0.2) is 49.5 Å². The summed E-state index contributed by atoms with van der Waals surface area (Å²) in [6.07, 6.45) is 2.92. The van der Waals surface area contributed by atoms with Crippen molar-refractivity contribution < 1.29 is 19.7 Å². The van der Waals surface area contributed by atoms with Crippen LogP contribution in [-0.2, 0) is 10.4 Å². The quantitative estimate of drug-likeness (QED) is 0.444. The lowest BCUT2D eigenvalue weighted by molar-refractivity contribution is -0.123. The fraction of sp³-hybridized carbons (Fsp3) is 0.458. The van der Waals surface area contributed by atoms with Crippen LogP contribution in [0, 0.1) is 5.92 Å². The number of aliphatic hydroxyl groups excluding tert-OH is 1. The molecule has 0 saturated carbocycles. The van der Waals surface area contributed by atoms with Crippen molar-refractivity contribution >= 4 is 17.5 Å². The van der Waals surface area contributed by atoms with Crippen LogP contribution in [0.4, 0.5) is 0 Å². The first-order valence-corrected chi connectivity index (χ1v) is 11.1. The number of rotatable bonds is 9. The van der Waals surface area contributed by atoms with E-state index in [0.717, 1.165) is 41.8 Å². The lowest BCUT2D eigenvalue weighted by Gasteiger charge is -2.40. The number of halogens is 1. The first kappa shape index (κ1) is 23.5. The van der Waals surface area contributed by atoms with E-state index < -0.39 is 18.1 Å². The number of hydrogen-bond donors (Lipinski definition) is 4. The highest BCUT2D eigenvalue weighted by molar-refractivity contribution is 6.33. The molecular weight excluding hydrogens is 416 g/mol. The van der Waals surface area contributed by atoms with Gasteiger partial charge in [0.25, 0.3) is 0 Å². The third kappa shape index (κ3) is 5.57. The minimum atomic E-state index is -1.12. The average Bonchev–Trinajstić information content (AvgIpc) is 2.81. The van der Waals surface area contributed by atoms with Gasteiger partial charge in [0, 0.05) is 29.6 Å². The van der Waals surface area contributed by atoms with Gasteiger partial charge in [-0.2, -0.15) is 0 Å². The average molecular weight is 447 g/mol. The zero-order valence-corrected chi connectivity index (χ0v) is 18.6. The van der Waals surface area contributed by atoms with Crippen molar-refractivity contribution in [1.29, 1.82) is 0 Å². The fourth-order valence-electron chi connectivity index (χ4n) is 4.42. The van der Waals surface area contributed by atoms with Gasteiger partial charge in [0.05, 0.1) is 12.7 Å². The Morgan fingerprint density at radius 1 is 1.32 bits per heavy atom. The maximum absolute atomic E-state index is 12.1. The first-order chi connectivity index (χ1) is 15.0. The van der Waals surface area contributed by atoms with Gasteiger partial charge in [0.1, 0.15) is 12.4 Å². The number of piperidine rings is 1. The zero-order valence-electron chi connectivity index (χ0n) is 17.9. The summed E-state index contributed by atoms with van der Waals surface area (Å²) in [5.41, 5.74) is 1.35. The molecule has 1 aliphatic rings. The van der Waals surface area contributed by atoms with Crippen molar-refractivity contribution in [3.8, 4) is 16.9 Å². The van der Waals surface area contributed by atoms with Crippen molar-refractivity contribution in [3.63, 3.8) is 0 Å². The second-order valence-corrected chi connectivity index (χ2v) is 8.38. The molecule has 1 aliphatic heterocycles. The van der Waals surface area contributed by atoms with E-state index in [0.29, 0.717) is 31.0 Å². The van der Waals surface area contributed by atoms with Gasteiger partial charge in [-0.05, 0) is 61.6 Å². The van der Waals surface area contributed by atoms with Gasteiger partial charge in [0.15, 0.2) is 0 Å². The predicted octanol–water partition coefficient (Wildman–Crippen LogP) is 3.09. The number of carbonyl (C=O) groups is 1. The van der Waals surface area contributed by atoms with E-state index in [2.05, 4.69) is 10.6 Å². The van der Waals surface area contributed by atoms with E-state index in [9.17, 15) is 9.90 Å². The molecule has 0 aliphatic carbocycles. The molecular formula is C24H31ClN2O4. The highest BCUT2D eigenvalue weighted by Crippen LogP contribution is 2.45. The zero-order chi connectivity index (χ0) is 22.3. The van der Waals surface area contributed by atoms with Crippen molar-refractivity contribution in [2.45, 2.75) is 31.3 Å². The van der Waals surface area contributed by atoms with E-state index in [4.69, 9.17) is 21.4 Å². The smallest absolute Gasteiger partial charge is 0.245 e. The second kappa shape index (κ2) is 11.0. The molecule has 1 unspecified atom stereocenters. The van der Waals surface area contributed by atoms with Gasteiger partial charge in [0.2, 0.25) is 5.91 Å². The minimum absolute atomic E-state index is 0.0117. The summed E-state index contributed by atoms with van der Waals surface area (Å²) in [6.45, 7) is 1.50. The Kier molecular flexibility index (Phi) is 8.32. The monoisotopic (exact) mass is 446 g/mol. The fourth-order valence-corrected chi connectivity index (χ4v) is 4.70. The van der Waals surface area contributed by atoms with Gasteiger partial charge in [-0.3, -0.25) is 4.79 Å². The number of carbonyl (C=O) groups excluding carboxylic acids is 1. The highest BCUT2D eigenvalue weighted by Gasteiger charge is 2.40. The van der Waals surface area contributed by atoms with Gasteiger partial charge < -0.3 is 25.6 Å². The molecule has 31 heavy (non-hydrogen) atoms. The maximum atomic E-state index is 12.1. The first-order valence-electron chi connectivity index (χ1n) is 10.7. The summed E-state index contributed by atoms with van der Waals surface area (Å²) in [5, 5.41) is 27.7. The van der Waals surface area contributed by atoms with Crippen LogP contribution >= 0.6 is 11.6 Å². The minimum Gasteiger partial charge on any atom is -0.497 e. The Balaban J connectivity index is 2.00. The molecule has 0 bridgehead atoms. The van der Waals surface area contributed by atoms with Crippen LogP contribution in [0.1, 0.15) is 31.2 Å². The number of ether oxygens (including phenoxy) is 1. The summed E-state index contributed by atoms with van der Waals surface area (Å²) >= 11 is 6.67. The summed E-state index contributed by atoms with van der Waals surface area (Å²) in [7, 11) is 1.62. The molecule has 0 aromatic heterocycles. The largest absolute Gasteiger partial charge is 0.497 e. The van der Waals surface area contributed by atoms with Gasteiger partial charge in [-0.15, -0.1) is 0 Å². The van der Waals surface area contributed by atoms with Crippen molar-refractivity contribution in [3.05, 3.63) is 53.1 Å². The van der Waals surface area contributed by atoms with Gasteiger partial charge in [-0.1, -0.05) is 35.9 Å². The Bertz CT molecular complexity index is 886. The molecule has 1 saturated heterocycles. The van der Waals surface area contributed by atoms with Crippen molar-refractivity contribution in [2.24, 2.45) is 5.92 Å². The molecule has 1 fully saturated rings. The topological polar surface area (TPSA) is 90.8 Å². The van der Waals surface area contributed by atoms with E-state index in [-0.39, 0.29) is 5.92 Å². The highest BCUT2D eigenvalue weighted by atomic mass is 35.5. The number of amides is 1. The lowest BCUT2D eigenvalue weighted by atomic mass is 9.72. The van der Waals surface area contributed by atoms with Crippen LogP contribution in [0.2, 0.25) is 5.02 Å². The third-order valence-corrected chi connectivity index (χ3v) is 6.33. The molecule has 2 aromatic rings. The molecule has 0 radical (unpaired) electrons. The van der Waals surface area contributed by atoms with Gasteiger partial charge in [-0.25, -0.2) is 0 Å². The van der Waals surface area contributed by atoms with Crippen LogP contribution in [0.25, 0.3) is 11.1 Å². The molecule has 168 valence electrons. The van der Waals surface area contributed by atoms with Crippen LogP contribution in [0.5, 0.6) is 5.75 Å². The number of methoxy groups -OCH3 is 1. The molecule has 7 heteroatoms. The van der Waals surface area contributed by atoms with E-state index in [1.54, 1.807) is 7.11 Å². The Morgan fingerprint density at radius 2 is 2.13 bits per heavy atom. The normalized spacial score (nSPS) is 18.3. The predicted molar refractivity (Wildman–Crippen MR) is 122 cm³/mol. The number of hydrogen-bond acceptors (Lipinski definition) is 5. The van der Waals surface area contributed by atoms with Crippen LogP contribution in [0.15, 0.2) is 42.5 Å². The summed E-state index contributed by atoms with van der Waals surface area (Å²) in [5.74, 6) is 0.318. The number of nitrogens with one attached hydrogen (secondary N) is 2. The summed E-state index contributed by atoms with van der Waals surface area (Å²) in [6, 6.07) is 13.3. The molecule has 3 rings (SSSR count). The molecule has 4 N–H and O–H groups in total.